The molecule has 3 aromatic heterocycles. The van der Waals surface area contributed by atoms with Crippen molar-refractivity contribution in [3.05, 3.63) is 77.1 Å². The zero-order chi connectivity index (χ0) is 19.1. The number of aromatic amines is 1. The normalized spacial score (nSPS) is 19.7. The van der Waals surface area contributed by atoms with Gasteiger partial charge in [-0.3, -0.25) is 0 Å². The number of nitrogens with one attached hydrogen (secondary N) is 1. The topological polar surface area (TPSA) is 63.8 Å². The maximum absolute atomic E-state index is 13.5. The van der Waals surface area contributed by atoms with Crippen molar-refractivity contribution in [1.82, 2.24) is 24.1 Å². The summed E-state index contributed by atoms with van der Waals surface area (Å²) in [5.41, 5.74) is 4.20. The van der Waals surface area contributed by atoms with Crippen LogP contribution in [-0.4, -0.2) is 30.3 Å². The van der Waals surface area contributed by atoms with Crippen molar-refractivity contribution in [2.24, 2.45) is 12.0 Å². The molecule has 0 bridgehead atoms. The lowest BCUT2D eigenvalue weighted by Gasteiger charge is -2.11. The van der Waals surface area contributed by atoms with Gasteiger partial charge in [-0.1, -0.05) is 6.08 Å². The van der Waals surface area contributed by atoms with Gasteiger partial charge in [0.2, 0.25) is 0 Å². The van der Waals surface area contributed by atoms with Crippen LogP contribution >= 0.6 is 0 Å². The minimum atomic E-state index is -0.205. The van der Waals surface area contributed by atoms with Crippen molar-refractivity contribution < 1.29 is 4.39 Å². The molecule has 0 fully saturated rings. The third-order valence-electron chi connectivity index (χ3n) is 5.05. The second-order valence-electron chi connectivity index (χ2n) is 6.99. The molecule has 2 aliphatic rings. The lowest BCUT2D eigenvalue weighted by Crippen LogP contribution is -2.35. The Morgan fingerprint density at radius 1 is 1.18 bits per heavy atom. The van der Waals surface area contributed by atoms with E-state index in [1.165, 1.54) is 6.08 Å². The van der Waals surface area contributed by atoms with Gasteiger partial charge in [0, 0.05) is 37.6 Å². The SMILES string of the molecule is Cn1cnc(Cn2cnc(=C3C=CC(F)=CC3)c2=C2CC=Nc3[nH]ccc32)c1. The van der Waals surface area contributed by atoms with Crippen molar-refractivity contribution in [2.75, 3.05) is 0 Å². The fourth-order valence-corrected chi connectivity index (χ4v) is 3.75. The van der Waals surface area contributed by atoms with Crippen LogP contribution in [0.5, 0.6) is 0 Å². The highest BCUT2D eigenvalue weighted by Gasteiger charge is 2.17. The van der Waals surface area contributed by atoms with Crippen molar-refractivity contribution >= 4 is 23.2 Å². The molecule has 1 aliphatic heterocycles. The van der Waals surface area contributed by atoms with Gasteiger partial charge in [-0.15, -0.1) is 0 Å². The van der Waals surface area contributed by atoms with Gasteiger partial charge < -0.3 is 14.1 Å². The van der Waals surface area contributed by atoms with E-state index in [2.05, 4.69) is 19.5 Å². The molecule has 1 N–H and O–H groups in total. The standard InChI is InChI=1S/C21H19FN6/c1-27-10-16(25-12-27)11-28-13-26-19(14-2-4-15(22)5-3-14)20(28)17-6-8-23-21-18(17)7-9-24-21/h2,4-5,7-10,12-13,24H,3,6,11H2,1H3. The summed E-state index contributed by atoms with van der Waals surface area (Å²) in [5.74, 6) is 0.650. The molecule has 5 rings (SSSR count). The van der Waals surface area contributed by atoms with Gasteiger partial charge in [-0.2, -0.15) is 0 Å². The molecule has 6 nitrogen and oxygen atoms in total. The molecule has 7 heteroatoms. The van der Waals surface area contributed by atoms with Crippen molar-refractivity contribution in [3.63, 3.8) is 0 Å². The predicted molar refractivity (Wildman–Crippen MR) is 106 cm³/mol. The smallest absolute Gasteiger partial charge is 0.137 e. The quantitative estimate of drug-likeness (QED) is 0.748. The number of aliphatic imine (C=N–C) groups is 1. The molecular formula is C21H19FN6. The highest BCUT2D eigenvalue weighted by molar-refractivity contribution is 5.88. The summed E-state index contributed by atoms with van der Waals surface area (Å²) in [4.78, 5) is 16.8. The Morgan fingerprint density at radius 2 is 2.11 bits per heavy atom. The Hall–Kier alpha value is -3.48. The molecule has 4 heterocycles. The Morgan fingerprint density at radius 3 is 2.89 bits per heavy atom. The van der Waals surface area contributed by atoms with Gasteiger partial charge >= 0.3 is 0 Å². The summed E-state index contributed by atoms with van der Waals surface area (Å²) in [7, 11) is 1.96. The van der Waals surface area contributed by atoms with E-state index in [0.29, 0.717) is 19.4 Å². The van der Waals surface area contributed by atoms with Crippen LogP contribution in [0.4, 0.5) is 10.2 Å². The first-order chi connectivity index (χ1) is 13.7. The Kier molecular flexibility index (Phi) is 3.93. The summed E-state index contributed by atoms with van der Waals surface area (Å²) < 4.78 is 17.5. The Balaban J connectivity index is 1.77. The number of aromatic nitrogens is 5. The highest BCUT2D eigenvalue weighted by Crippen LogP contribution is 2.28. The molecule has 0 aromatic carbocycles. The summed E-state index contributed by atoms with van der Waals surface area (Å²) >= 11 is 0. The van der Waals surface area contributed by atoms with Crippen molar-refractivity contribution in [2.45, 2.75) is 19.4 Å². The number of H-pyrrole nitrogens is 1. The van der Waals surface area contributed by atoms with Crippen LogP contribution in [0.3, 0.4) is 0 Å². The van der Waals surface area contributed by atoms with E-state index < -0.39 is 0 Å². The van der Waals surface area contributed by atoms with Gasteiger partial charge in [0.05, 0.1) is 35.6 Å². The van der Waals surface area contributed by atoms with Gasteiger partial charge in [0.15, 0.2) is 0 Å². The van der Waals surface area contributed by atoms with E-state index in [0.717, 1.165) is 38.9 Å². The van der Waals surface area contributed by atoms with E-state index in [1.54, 1.807) is 12.4 Å². The second-order valence-corrected chi connectivity index (χ2v) is 6.99. The second kappa shape index (κ2) is 6.60. The Bertz CT molecular complexity index is 1260. The lowest BCUT2D eigenvalue weighted by atomic mass is 10.0. The van der Waals surface area contributed by atoms with Crippen LogP contribution in [0.25, 0.3) is 11.1 Å². The zero-order valence-corrected chi connectivity index (χ0v) is 15.4. The van der Waals surface area contributed by atoms with Crippen molar-refractivity contribution in [3.8, 4) is 0 Å². The summed E-state index contributed by atoms with van der Waals surface area (Å²) in [6, 6.07) is 2.05. The van der Waals surface area contributed by atoms with Crippen LogP contribution in [0.15, 0.2) is 60.2 Å². The summed E-state index contributed by atoms with van der Waals surface area (Å²) in [5, 5.41) is 1.92. The van der Waals surface area contributed by atoms with Crippen LogP contribution in [0, 0.1) is 0 Å². The molecule has 0 amide bonds. The summed E-state index contributed by atoms with van der Waals surface area (Å²) in [6.45, 7) is 0.616. The van der Waals surface area contributed by atoms with Crippen LogP contribution in [-0.2, 0) is 13.6 Å². The summed E-state index contributed by atoms with van der Waals surface area (Å²) in [6.07, 6.45) is 15.6. The van der Waals surface area contributed by atoms with Gasteiger partial charge in [0.1, 0.15) is 11.6 Å². The lowest BCUT2D eigenvalue weighted by molar-refractivity contribution is 0.661. The molecular weight excluding hydrogens is 355 g/mol. The third-order valence-corrected chi connectivity index (χ3v) is 5.05. The van der Waals surface area contributed by atoms with Crippen molar-refractivity contribution in [1.29, 1.82) is 0 Å². The first-order valence-corrected chi connectivity index (χ1v) is 9.17. The molecule has 1 aliphatic carbocycles. The highest BCUT2D eigenvalue weighted by atomic mass is 19.1. The van der Waals surface area contributed by atoms with Crippen LogP contribution in [0.1, 0.15) is 24.1 Å². The molecule has 28 heavy (non-hydrogen) atoms. The van der Waals surface area contributed by atoms with Crippen LogP contribution in [0.2, 0.25) is 0 Å². The van der Waals surface area contributed by atoms with E-state index in [4.69, 9.17) is 4.98 Å². The van der Waals surface area contributed by atoms with Gasteiger partial charge in [-0.05, 0) is 35.8 Å². The largest absolute Gasteiger partial charge is 0.346 e. The third kappa shape index (κ3) is 2.85. The molecule has 0 atom stereocenters. The monoisotopic (exact) mass is 374 g/mol. The molecule has 0 unspecified atom stereocenters. The maximum atomic E-state index is 13.5. The zero-order valence-electron chi connectivity index (χ0n) is 15.4. The number of hydrogen-bond acceptors (Lipinski definition) is 3. The first kappa shape index (κ1) is 16.7. The number of imidazole rings is 2. The number of hydrogen-bond donors (Lipinski definition) is 1. The fourth-order valence-electron chi connectivity index (χ4n) is 3.75. The minimum absolute atomic E-state index is 0.205. The number of allylic oxidation sites excluding steroid dienone is 4. The molecule has 0 radical (unpaired) electrons. The first-order valence-electron chi connectivity index (χ1n) is 9.17. The predicted octanol–water partition coefficient (Wildman–Crippen LogP) is 2.26. The van der Waals surface area contributed by atoms with Gasteiger partial charge in [-0.25, -0.2) is 19.4 Å². The minimum Gasteiger partial charge on any atom is -0.346 e. The fraction of sp³-hybridized carbons (Fsp3) is 0.190. The molecule has 0 saturated carbocycles. The number of aryl methyl sites for hydroxylation is 1. The van der Waals surface area contributed by atoms with E-state index >= 15 is 0 Å². The average molecular weight is 374 g/mol. The Labute approximate surface area is 160 Å². The molecule has 0 saturated heterocycles. The number of halogens is 1. The van der Waals surface area contributed by atoms with E-state index in [-0.39, 0.29) is 5.83 Å². The molecule has 140 valence electrons. The average Bonchev–Trinajstić information content (AvgIpc) is 3.42. The molecule has 0 spiro atoms. The molecule has 3 aromatic rings. The maximum Gasteiger partial charge on any atom is 0.137 e. The van der Waals surface area contributed by atoms with E-state index in [1.807, 2.05) is 48.7 Å². The van der Waals surface area contributed by atoms with Gasteiger partial charge in [0.25, 0.3) is 0 Å². The van der Waals surface area contributed by atoms with Crippen LogP contribution < -0.4 is 10.7 Å². The number of nitrogens with zero attached hydrogens (tertiary/aromatic N) is 5. The number of fused-ring (bicyclic) bond motifs is 1. The number of rotatable bonds is 2. The van der Waals surface area contributed by atoms with E-state index in [9.17, 15) is 4.39 Å².